The lowest BCUT2D eigenvalue weighted by atomic mass is 10.0. The predicted octanol–water partition coefficient (Wildman–Crippen LogP) is 3.15. The zero-order valence-electron chi connectivity index (χ0n) is 10.9. The lowest BCUT2D eigenvalue weighted by Crippen LogP contribution is -2.04. The maximum Gasteiger partial charge on any atom is 0.0462 e. The molecule has 2 aromatic rings. The van der Waals surface area contributed by atoms with E-state index in [1.54, 1.807) is 0 Å². The van der Waals surface area contributed by atoms with Crippen molar-refractivity contribution in [2.45, 2.75) is 32.6 Å². The Morgan fingerprint density at radius 1 is 1.22 bits per heavy atom. The second kappa shape index (κ2) is 7.52. The van der Waals surface area contributed by atoms with Gasteiger partial charge in [0.05, 0.1) is 0 Å². The Morgan fingerprint density at radius 2 is 1.94 bits per heavy atom. The van der Waals surface area contributed by atoms with Gasteiger partial charge in [-0.1, -0.05) is 31.5 Å². The molecule has 0 saturated carbocycles. The normalized spacial score (nSPS) is 10.0. The minimum absolute atomic E-state index is 0.723. The van der Waals surface area contributed by atoms with E-state index < -0.39 is 0 Å². The van der Waals surface area contributed by atoms with Crippen LogP contribution in [0, 0.1) is 11.8 Å². The molecule has 96 valence electrons. The molecule has 3 nitrogen and oxygen atoms in total. The fourth-order valence-electron chi connectivity index (χ4n) is 2.25. The zero-order valence-corrected chi connectivity index (χ0v) is 10.9. The molecule has 0 aliphatic carbocycles. The third-order valence-electron chi connectivity index (χ3n) is 3.08. The smallest absolute Gasteiger partial charge is 0.0462 e. The van der Waals surface area contributed by atoms with Gasteiger partial charge in [0.1, 0.15) is 0 Å². The van der Waals surface area contributed by atoms with Crippen LogP contribution in [0.2, 0.25) is 0 Å². The van der Waals surface area contributed by atoms with Crippen molar-refractivity contribution in [1.29, 1.82) is 5.26 Å². The molecule has 0 aliphatic rings. The summed E-state index contributed by atoms with van der Waals surface area (Å²) in [5, 5.41) is 7.85. The highest BCUT2D eigenvalue weighted by molar-refractivity contribution is 5.84. The Hall–Kier alpha value is -1.79. The average molecular weight is 243 g/mol. The van der Waals surface area contributed by atoms with E-state index in [4.69, 9.17) is 11.0 Å². The van der Waals surface area contributed by atoms with Crippen LogP contribution in [0.1, 0.15) is 31.0 Å². The molecule has 2 rings (SSSR count). The number of hydrogen-bond donors (Lipinski definition) is 2. The number of fused-ring (bicyclic) bond motifs is 1. The molecule has 0 saturated heterocycles. The van der Waals surface area contributed by atoms with E-state index in [1.807, 2.05) is 0 Å². The Bertz CT molecular complexity index is 497. The van der Waals surface area contributed by atoms with Gasteiger partial charge >= 0.3 is 0 Å². The van der Waals surface area contributed by atoms with Gasteiger partial charge < -0.3 is 10.7 Å². The summed E-state index contributed by atoms with van der Waals surface area (Å²) in [5.74, 6) is 0. The summed E-state index contributed by atoms with van der Waals surface area (Å²) in [4.78, 5) is 3.53. The van der Waals surface area contributed by atoms with Gasteiger partial charge in [0.25, 0.3) is 0 Å². The van der Waals surface area contributed by atoms with Crippen LogP contribution < -0.4 is 5.73 Å². The van der Waals surface area contributed by atoms with Crippen molar-refractivity contribution in [1.82, 2.24) is 4.98 Å². The molecule has 1 heterocycles. The molecule has 3 N–H and O–H groups in total. The van der Waals surface area contributed by atoms with Crippen LogP contribution in [0.4, 0.5) is 0 Å². The van der Waals surface area contributed by atoms with Crippen molar-refractivity contribution in [2.24, 2.45) is 5.73 Å². The van der Waals surface area contributed by atoms with Crippen LogP contribution in [-0.4, -0.2) is 11.5 Å². The van der Waals surface area contributed by atoms with Gasteiger partial charge in [-0.25, -0.2) is 5.26 Å². The number of hydrogen-bond acceptors (Lipinski definition) is 2. The molecule has 1 aromatic heterocycles. The second-order valence-electron chi connectivity index (χ2n) is 4.27. The predicted molar refractivity (Wildman–Crippen MR) is 76.3 cm³/mol. The highest BCUT2D eigenvalue weighted by atomic mass is 14.7. The van der Waals surface area contributed by atoms with E-state index in [1.165, 1.54) is 35.0 Å². The SMILES string of the molecule is C#N.CCCCc1[nH]c2ccccc2c1CCN. The van der Waals surface area contributed by atoms with Crippen LogP contribution in [-0.2, 0) is 12.8 Å². The Morgan fingerprint density at radius 3 is 2.61 bits per heavy atom. The van der Waals surface area contributed by atoms with Gasteiger partial charge in [-0.05, 0) is 37.4 Å². The molecular formula is C15H21N3. The van der Waals surface area contributed by atoms with Gasteiger partial charge in [-0.3, -0.25) is 0 Å². The molecule has 0 unspecified atom stereocenters. The van der Waals surface area contributed by atoms with Crippen LogP contribution in [0.5, 0.6) is 0 Å². The summed E-state index contributed by atoms with van der Waals surface area (Å²) < 4.78 is 0. The van der Waals surface area contributed by atoms with Crippen LogP contribution >= 0.6 is 0 Å². The number of H-pyrrole nitrogens is 1. The van der Waals surface area contributed by atoms with Crippen molar-refractivity contribution in [3.63, 3.8) is 0 Å². The zero-order chi connectivity index (χ0) is 13.4. The molecular weight excluding hydrogens is 222 g/mol. The summed E-state index contributed by atoms with van der Waals surface area (Å²) in [5.41, 5.74) is 9.75. The molecule has 3 heteroatoms. The van der Waals surface area contributed by atoms with Crippen molar-refractivity contribution >= 4 is 10.9 Å². The maximum atomic E-state index is 6.50. The van der Waals surface area contributed by atoms with Crippen molar-refractivity contribution in [3.8, 4) is 6.57 Å². The first-order chi connectivity index (χ1) is 8.86. The van der Waals surface area contributed by atoms with Gasteiger partial charge in [0, 0.05) is 23.2 Å². The van der Waals surface area contributed by atoms with E-state index in [-0.39, 0.29) is 0 Å². The van der Waals surface area contributed by atoms with E-state index in [0.717, 1.165) is 19.4 Å². The van der Waals surface area contributed by atoms with Crippen molar-refractivity contribution in [3.05, 3.63) is 35.5 Å². The summed E-state index contributed by atoms with van der Waals surface area (Å²) in [7, 11) is 0. The maximum absolute atomic E-state index is 6.50. The number of nitrogens with zero attached hydrogens (tertiary/aromatic N) is 1. The van der Waals surface area contributed by atoms with Crippen molar-refractivity contribution in [2.75, 3.05) is 6.54 Å². The molecule has 1 aromatic carbocycles. The summed E-state index contributed by atoms with van der Waals surface area (Å²) >= 11 is 0. The third kappa shape index (κ3) is 3.12. The Kier molecular flexibility index (Phi) is 5.96. The number of benzene rings is 1. The highest BCUT2D eigenvalue weighted by Gasteiger charge is 2.09. The standard InChI is InChI=1S/C14H20N2.CHN/c1-2-3-7-13-12(9-10-15)11-6-4-5-8-14(11)16-13;1-2/h4-6,8,16H,2-3,7,9-10,15H2,1H3;1H. The third-order valence-corrected chi connectivity index (χ3v) is 3.08. The number of para-hydroxylation sites is 1. The van der Waals surface area contributed by atoms with Crippen LogP contribution in [0.3, 0.4) is 0 Å². The van der Waals surface area contributed by atoms with Crippen LogP contribution in [0.15, 0.2) is 24.3 Å². The summed E-state index contributed by atoms with van der Waals surface area (Å²) in [6.07, 6.45) is 4.59. The molecule has 0 spiro atoms. The molecule has 0 radical (unpaired) electrons. The van der Waals surface area contributed by atoms with Gasteiger partial charge in [0.15, 0.2) is 0 Å². The molecule has 0 bridgehead atoms. The topological polar surface area (TPSA) is 65.6 Å². The fourth-order valence-corrected chi connectivity index (χ4v) is 2.25. The number of aromatic amines is 1. The first-order valence-corrected chi connectivity index (χ1v) is 6.41. The summed E-state index contributed by atoms with van der Waals surface area (Å²) in [6.45, 7) is 6.45. The minimum atomic E-state index is 0.723. The number of nitrogens with one attached hydrogen (secondary N) is 1. The lowest BCUT2D eigenvalue weighted by molar-refractivity contribution is 0.772. The number of nitriles is 1. The number of nitrogens with two attached hydrogens (primary N) is 1. The highest BCUT2D eigenvalue weighted by Crippen LogP contribution is 2.23. The monoisotopic (exact) mass is 243 g/mol. The number of unbranched alkanes of at least 4 members (excludes halogenated alkanes) is 1. The molecule has 18 heavy (non-hydrogen) atoms. The first kappa shape index (κ1) is 14.3. The van der Waals surface area contributed by atoms with E-state index in [9.17, 15) is 0 Å². The van der Waals surface area contributed by atoms with E-state index >= 15 is 0 Å². The number of aryl methyl sites for hydroxylation is 1. The largest absolute Gasteiger partial charge is 0.358 e. The Labute approximate surface area is 109 Å². The minimum Gasteiger partial charge on any atom is -0.358 e. The molecule has 0 amide bonds. The van der Waals surface area contributed by atoms with E-state index in [0.29, 0.717) is 0 Å². The molecule has 0 aliphatic heterocycles. The van der Waals surface area contributed by atoms with Gasteiger partial charge in [-0.2, -0.15) is 0 Å². The number of aromatic nitrogens is 1. The van der Waals surface area contributed by atoms with Gasteiger partial charge in [0.2, 0.25) is 0 Å². The number of rotatable bonds is 5. The average Bonchev–Trinajstić information content (AvgIpc) is 2.78. The second-order valence-corrected chi connectivity index (χ2v) is 4.27. The molecule has 0 fully saturated rings. The van der Waals surface area contributed by atoms with E-state index in [2.05, 4.69) is 42.7 Å². The van der Waals surface area contributed by atoms with Gasteiger partial charge in [-0.15, -0.1) is 0 Å². The lowest BCUT2D eigenvalue weighted by Gasteiger charge is -2.02. The molecule has 0 atom stereocenters. The summed E-state index contributed by atoms with van der Waals surface area (Å²) in [6, 6.07) is 8.51. The van der Waals surface area contributed by atoms with Crippen molar-refractivity contribution < 1.29 is 0 Å². The quantitative estimate of drug-likeness (QED) is 0.847. The Balaban J connectivity index is 0.000000771. The van der Waals surface area contributed by atoms with Crippen LogP contribution in [0.25, 0.3) is 10.9 Å². The fraction of sp³-hybridized carbons (Fsp3) is 0.400. The first-order valence-electron chi connectivity index (χ1n) is 6.41.